The first-order valence-corrected chi connectivity index (χ1v) is 7.68. The molecule has 0 radical (unpaired) electrons. The average Bonchev–Trinajstić information content (AvgIpc) is 3.02. The highest BCUT2D eigenvalue weighted by molar-refractivity contribution is 7.12. The second kappa shape index (κ2) is 6.93. The molecule has 1 rings (SSSR count). The fourth-order valence-corrected chi connectivity index (χ4v) is 3.23. The predicted octanol–water partition coefficient (Wildman–Crippen LogP) is 4.25. The van der Waals surface area contributed by atoms with E-state index in [1.165, 1.54) is 0 Å². The van der Waals surface area contributed by atoms with E-state index in [1.807, 2.05) is 64.1 Å². The second-order valence-corrected chi connectivity index (χ2v) is 7.25. The van der Waals surface area contributed by atoms with Crippen molar-refractivity contribution in [3.63, 3.8) is 0 Å². The Bertz CT molecular complexity index is 724. The van der Waals surface area contributed by atoms with Gasteiger partial charge >= 0.3 is 0 Å². The maximum Gasteiger partial charge on any atom is 0.126 e. The number of allylic oxidation sites excluding steroid dienone is 4. The van der Waals surface area contributed by atoms with E-state index in [0.29, 0.717) is 0 Å². The summed E-state index contributed by atoms with van der Waals surface area (Å²) in [7, 11) is 0. The van der Waals surface area contributed by atoms with Crippen LogP contribution in [0.4, 0.5) is 0 Å². The Labute approximate surface area is 140 Å². The first kappa shape index (κ1) is 18.2. The van der Waals surface area contributed by atoms with Crippen LogP contribution >= 0.6 is 11.3 Å². The minimum atomic E-state index is -0.448. The molecule has 4 nitrogen and oxygen atoms in total. The molecule has 114 valence electrons. The molecule has 0 N–H and O–H groups in total. The molecule has 23 heavy (non-hydrogen) atoms. The van der Waals surface area contributed by atoms with E-state index >= 15 is 0 Å². The topological polar surface area (TPSA) is 95.2 Å². The molecule has 0 bridgehead atoms. The standard InChI is InChI=1S/C18H16N4S/c1-17(2,7-13(9-19)10-20)15-5-6-16(23-15)18(3,4)8-14(11-21)12-22/h5-8H,1-4H3. The Hall–Kier alpha value is -2.86. The average molecular weight is 320 g/mol. The van der Waals surface area contributed by atoms with Crippen LogP contribution in [0.15, 0.2) is 35.4 Å². The first-order chi connectivity index (χ1) is 10.7. The molecule has 5 heteroatoms. The summed E-state index contributed by atoms with van der Waals surface area (Å²) in [5.74, 6) is 0. The van der Waals surface area contributed by atoms with Crippen LogP contribution in [0.3, 0.4) is 0 Å². The number of rotatable bonds is 4. The number of nitrogens with zero attached hydrogens (tertiary/aromatic N) is 4. The third-order valence-electron chi connectivity index (χ3n) is 3.37. The van der Waals surface area contributed by atoms with Crippen LogP contribution in [0.1, 0.15) is 37.4 Å². The van der Waals surface area contributed by atoms with Gasteiger partial charge in [0.1, 0.15) is 35.4 Å². The van der Waals surface area contributed by atoms with Crippen molar-refractivity contribution in [1.29, 1.82) is 21.0 Å². The minimum Gasteiger partial charge on any atom is -0.192 e. The predicted molar refractivity (Wildman–Crippen MR) is 89.0 cm³/mol. The molecule has 0 aliphatic heterocycles. The molecule has 0 amide bonds. The van der Waals surface area contributed by atoms with Crippen molar-refractivity contribution in [3.05, 3.63) is 45.2 Å². The van der Waals surface area contributed by atoms with Crippen LogP contribution in [-0.2, 0) is 10.8 Å². The van der Waals surface area contributed by atoms with Crippen LogP contribution in [0.2, 0.25) is 0 Å². The third kappa shape index (κ3) is 4.31. The SMILES string of the molecule is CC(C)(C=C(C#N)C#N)c1ccc(C(C)(C)C=C(C#N)C#N)s1. The van der Waals surface area contributed by atoms with Gasteiger partial charge in [0, 0.05) is 20.6 Å². The zero-order chi connectivity index (χ0) is 17.7. The van der Waals surface area contributed by atoms with E-state index in [9.17, 15) is 0 Å². The molecule has 1 aromatic rings. The monoisotopic (exact) mass is 320 g/mol. The molecular formula is C18H16N4S. The van der Waals surface area contributed by atoms with Crippen molar-refractivity contribution in [2.45, 2.75) is 38.5 Å². The van der Waals surface area contributed by atoms with Crippen LogP contribution < -0.4 is 0 Å². The molecule has 0 unspecified atom stereocenters. The highest BCUT2D eigenvalue weighted by atomic mass is 32.1. The Morgan fingerprint density at radius 3 is 1.35 bits per heavy atom. The van der Waals surface area contributed by atoms with Gasteiger partial charge in [-0.05, 0) is 24.3 Å². The first-order valence-electron chi connectivity index (χ1n) is 6.87. The summed E-state index contributed by atoms with van der Waals surface area (Å²) in [5.41, 5.74) is -0.728. The van der Waals surface area contributed by atoms with Crippen molar-refractivity contribution in [2.24, 2.45) is 0 Å². The second-order valence-electron chi connectivity index (χ2n) is 6.17. The van der Waals surface area contributed by atoms with Crippen molar-refractivity contribution in [2.75, 3.05) is 0 Å². The van der Waals surface area contributed by atoms with Gasteiger partial charge in [-0.3, -0.25) is 0 Å². The van der Waals surface area contributed by atoms with Crippen molar-refractivity contribution >= 4 is 11.3 Å². The van der Waals surface area contributed by atoms with Gasteiger partial charge in [-0.2, -0.15) is 21.0 Å². The minimum absolute atomic E-state index is 0.0837. The lowest BCUT2D eigenvalue weighted by Gasteiger charge is -2.20. The molecule has 1 heterocycles. The van der Waals surface area contributed by atoms with Gasteiger partial charge in [-0.25, -0.2) is 0 Å². The summed E-state index contributed by atoms with van der Waals surface area (Å²) in [6.07, 6.45) is 3.31. The zero-order valence-electron chi connectivity index (χ0n) is 13.5. The number of thiophene rings is 1. The highest BCUT2D eigenvalue weighted by Gasteiger charge is 2.26. The summed E-state index contributed by atoms with van der Waals surface area (Å²) in [6.45, 7) is 7.76. The maximum atomic E-state index is 8.92. The summed E-state index contributed by atoms with van der Waals surface area (Å²) in [5, 5.41) is 35.7. The summed E-state index contributed by atoms with van der Waals surface area (Å²) < 4.78 is 0. The lowest BCUT2D eigenvalue weighted by molar-refractivity contribution is 0.682. The van der Waals surface area contributed by atoms with Crippen LogP contribution in [0, 0.1) is 45.3 Å². The van der Waals surface area contributed by atoms with E-state index in [0.717, 1.165) is 9.75 Å². The Morgan fingerprint density at radius 2 is 1.09 bits per heavy atom. The van der Waals surface area contributed by atoms with E-state index in [-0.39, 0.29) is 11.1 Å². The van der Waals surface area contributed by atoms with Crippen LogP contribution in [0.25, 0.3) is 0 Å². The van der Waals surface area contributed by atoms with E-state index in [1.54, 1.807) is 23.5 Å². The van der Waals surface area contributed by atoms with Crippen molar-refractivity contribution < 1.29 is 0 Å². The molecule has 0 fully saturated rings. The molecule has 0 saturated heterocycles. The summed E-state index contributed by atoms with van der Waals surface area (Å²) in [6, 6.07) is 11.4. The van der Waals surface area contributed by atoms with Gasteiger partial charge in [0.05, 0.1) is 0 Å². The summed E-state index contributed by atoms with van der Waals surface area (Å²) >= 11 is 1.55. The molecule has 1 aromatic heterocycles. The van der Waals surface area contributed by atoms with Crippen molar-refractivity contribution in [3.8, 4) is 24.3 Å². The number of hydrogen-bond acceptors (Lipinski definition) is 5. The van der Waals surface area contributed by atoms with Gasteiger partial charge in [0.2, 0.25) is 0 Å². The fraction of sp³-hybridized carbons (Fsp3) is 0.333. The van der Waals surface area contributed by atoms with E-state index < -0.39 is 10.8 Å². The Morgan fingerprint density at radius 1 is 0.783 bits per heavy atom. The van der Waals surface area contributed by atoms with Crippen molar-refractivity contribution in [1.82, 2.24) is 0 Å². The number of nitriles is 4. The molecule has 0 aliphatic carbocycles. The normalized spacial score (nSPS) is 10.4. The largest absolute Gasteiger partial charge is 0.192 e. The van der Waals surface area contributed by atoms with Gasteiger partial charge in [0.25, 0.3) is 0 Å². The molecule has 0 aliphatic rings. The Balaban J connectivity index is 3.27. The quantitative estimate of drug-likeness (QED) is 0.775. The lowest BCUT2D eigenvalue weighted by atomic mass is 9.88. The van der Waals surface area contributed by atoms with Crippen LogP contribution in [-0.4, -0.2) is 0 Å². The fourth-order valence-electron chi connectivity index (χ4n) is 2.07. The third-order valence-corrected chi connectivity index (χ3v) is 5.13. The van der Waals surface area contributed by atoms with E-state index in [4.69, 9.17) is 21.0 Å². The van der Waals surface area contributed by atoms with E-state index in [2.05, 4.69) is 0 Å². The molecule has 0 saturated carbocycles. The molecule has 0 atom stereocenters. The van der Waals surface area contributed by atoms with Gasteiger partial charge in [0.15, 0.2) is 0 Å². The zero-order valence-corrected chi connectivity index (χ0v) is 14.3. The molecule has 0 spiro atoms. The Kier molecular flexibility index (Phi) is 5.48. The van der Waals surface area contributed by atoms with Crippen LogP contribution in [0.5, 0.6) is 0 Å². The van der Waals surface area contributed by atoms with Gasteiger partial charge in [-0.15, -0.1) is 11.3 Å². The molecular weight excluding hydrogens is 304 g/mol. The van der Waals surface area contributed by atoms with Gasteiger partial charge < -0.3 is 0 Å². The maximum absolute atomic E-state index is 8.92. The number of hydrogen-bond donors (Lipinski definition) is 0. The van der Waals surface area contributed by atoms with Gasteiger partial charge in [-0.1, -0.05) is 27.7 Å². The summed E-state index contributed by atoms with van der Waals surface area (Å²) in [4.78, 5) is 2.01. The lowest BCUT2D eigenvalue weighted by Crippen LogP contribution is -2.13. The highest BCUT2D eigenvalue weighted by Crippen LogP contribution is 2.38. The molecule has 0 aromatic carbocycles. The smallest absolute Gasteiger partial charge is 0.126 e.